The van der Waals surface area contributed by atoms with Gasteiger partial charge in [0, 0.05) is 38.4 Å². The molecule has 0 saturated carbocycles. The number of aromatic amines is 1. The maximum Gasteiger partial charge on any atom is 0.274 e. The summed E-state index contributed by atoms with van der Waals surface area (Å²) in [4.78, 5) is 34.7. The van der Waals surface area contributed by atoms with E-state index in [9.17, 15) is 14.0 Å². The van der Waals surface area contributed by atoms with Crippen LogP contribution in [-0.4, -0.2) is 51.4 Å². The normalized spacial score (nSPS) is 18.5. The molecule has 0 aliphatic carbocycles. The zero-order valence-electron chi connectivity index (χ0n) is 15.7. The molecule has 2 aromatic rings. The van der Waals surface area contributed by atoms with Gasteiger partial charge in [-0.1, -0.05) is 26.0 Å². The average Bonchev–Trinajstić information content (AvgIpc) is 2.86. The molecule has 0 spiro atoms. The standard InChI is InChI=1S/C20H25FN4O2/c1-14(2)18-13-25(20(27)17-10-23-19(26)11-22-17)9-3-8-24(18)12-15-4-6-16(21)7-5-15/h4-7,10-11,14,18H,3,8-9,12-13H2,1-2H3,(H,23,26)/t18-/m1/s1. The summed E-state index contributed by atoms with van der Waals surface area (Å²) in [5.74, 6) is -0.0527. The minimum atomic E-state index is -0.326. The van der Waals surface area contributed by atoms with Crippen molar-refractivity contribution in [1.29, 1.82) is 0 Å². The highest BCUT2D eigenvalue weighted by Crippen LogP contribution is 2.21. The second-order valence-corrected chi connectivity index (χ2v) is 7.31. The Morgan fingerprint density at radius 2 is 2.04 bits per heavy atom. The molecule has 1 aromatic carbocycles. The maximum atomic E-state index is 13.2. The van der Waals surface area contributed by atoms with Crippen molar-refractivity contribution in [3.8, 4) is 0 Å². The van der Waals surface area contributed by atoms with Gasteiger partial charge in [0.15, 0.2) is 0 Å². The number of H-pyrrole nitrogens is 1. The molecule has 6 nitrogen and oxygen atoms in total. The van der Waals surface area contributed by atoms with Crippen molar-refractivity contribution in [2.45, 2.75) is 32.9 Å². The van der Waals surface area contributed by atoms with Crippen LogP contribution < -0.4 is 5.56 Å². The number of rotatable bonds is 4. The number of carbonyl (C=O) groups excluding carboxylic acids is 1. The average molecular weight is 372 g/mol. The molecule has 1 fully saturated rings. The zero-order chi connectivity index (χ0) is 19.4. The van der Waals surface area contributed by atoms with Gasteiger partial charge in [-0.15, -0.1) is 0 Å². The predicted octanol–water partition coefficient (Wildman–Crippen LogP) is 2.28. The van der Waals surface area contributed by atoms with Crippen LogP contribution in [0.2, 0.25) is 0 Å². The Kier molecular flexibility index (Phi) is 6.01. The van der Waals surface area contributed by atoms with Gasteiger partial charge in [0.1, 0.15) is 11.5 Å². The summed E-state index contributed by atoms with van der Waals surface area (Å²) in [6, 6.07) is 6.77. The number of benzene rings is 1. The van der Waals surface area contributed by atoms with Crippen LogP contribution in [0.3, 0.4) is 0 Å². The van der Waals surface area contributed by atoms with E-state index in [-0.39, 0.29) is 29.0 Å². The molecule has 1 amide bonds. The number of halogens is 1. The molecule has 144 valence electrons. The van der Waals surface area contributed by atoms with E-state index < -0.39 is 0 Å². The highest BCUT2D eigenvalue weighted by molar-refractivity contribution is 5.92. The van der Waals surface area contributed by atoms with Crippen LogP contribution >= 0.6 is 0 Å². The van der Waals surface area contributed by atoms with E-state index in [4.69, 9.17) is 0 Å². The summed E-state index contributed by atoms with van der Waals surface area (Å²) in [6.07, 6.45) is 3.35. The number of carbonyl (C=O) groups is 1. The molecule has 0 radical (unpaired) electrons. The Balaban J connectivity index is 1.76. The number of amides is 1. The predicted molar refractivity (Wildman–Crippen MR) is 101 cm³/mol. The Bertz CT molecular complexity index is 814. The quantitative estimate of drug-likeness (QED) is 0.894. The van der Waals surface area contributed by atoms with Gasteiger partial charge >= 0.3 is 0 Å². The molecular weight excluding hydrogens is 347 g/mol. The second-order valence-electron chi connectivity index (χ2n) is 7.31. The minimum absolute atomic E-state index is 0.166. The summed E-state index contributed by atoms with van der Waals surface area (Å²) in [7, 11) is 0. The highest BCUT2D eigenvalue weighted by Gasteiger charge is 2.30. The first-order valence-corrected chi connectivity index (χ1v) is 9.26. The first-order chi connectivity index (χ1) is 12.9. The van der Waals surface area contributed by atoms with Gasteiger partial charge in [-0.3, -0.25) is 14.5 Å². The fraction of sp³-hybridized carbons (Fsp3) is 0.450. The lowest BCUT2D eigenvalue weighted by atomic mass is 10.0. The van der Waals surface area contributed by atoms with Crippen LogP contribution in [0.25, 0.3) is 0 Å². The lowest BCUT2D eigenvalue weighted by Crippen LogP contribution is -2.45. The summed E-state index contributed by atoms with van der Waals surface area (Å²) in [5.41, 5.74) is 0.987. The van der Waals surface area contributed by atoms with Crippen molar-refractivity contribution in [2.75, 3.05) is 19.6 Å². The number of hydrogen-bond donors (Lipinski definition) is 1. The monoisotopic (exact) mass is 372 g/mol. The van der Waals surface area contributed by atoms with Gasteiger partial charge in [0.2, 0.25) is 0 Å². The van der Waals surface area contributed by atoms with Crippen LogP contribution in [0.5, 0.6) is 0 Å². The van der Waals surface area contributed by atoms with E-state index in [0.29, 0.717) is 19.0 Å². The molecule has 1 aromatic heterocycles. The van der Waals surface area contributed by atoms with E-state index in [1.807, 2.05) is 17.0 Å². The Morgan fingerprint density at radius 3 is 2.67 bits per heavy atom. The lowest BCUT2D eigenvalue weighted by Gasteiger charge is -2.34. The summed E-state index contributed by atoms with van der Waals surface area (Å²) < 4.78 is 13.2. The molecule has 1 aliphatic rings. The highest BCUT2D eigenvalue weighted by atomic mass is 19.1. The van der Waals surface area contributed by atoms with Crippen LogP contribution in [0.15, 0.2) is 41.5 Å². The van der Waals surface area contributed by atoms with E-state index >= 15 is 0 Å². The van der Waals surface area contributed by atoms with Gasteiger partial charge in [0.05, 0.1) is 6.20 Å². The molecule has 27 heavy (non-hydrogen) atoms. The topological polar surface area (TPSA) is 69.3 Å². The SMILES string of the molecule is CC(C)[C@H]1CN(C(=O)c2c[nH]c(=O)cn2)CCCN1Cc1ccc(F)cc1. The number of nitrogens with zero attached hydrogens (tertiary/aromatic N) is 3. The largest absolute Gasteiger partial charge is 0.336 e. The van der Waals surface area contributed by atoms with E-state index in [1.54, 1.807) is 0 Å². The molecular formula is C20H25FN4O2. The van der Waals surface area contributed by atoms with Crippen molar-refractivity contribution in [3.05, 3.63) is 64.1 Å². The minimum Gasteiger partial charge on any atom is -0.336 e. The van der Waals surface area contributed by atoms with Crippen molar-refractivity contribution in [1.82, 2.24) is 19.8 Å². The van der Waals surface area contributed by atoms with E-state index in [0.717, 1.165) is 31.3 Å². The van der Waals surface area contributed by atoms with Crippen LogP contribution in [0.4, 0.5) is 4.39 Å². The summed E-state index contributed by atoms with van der Waals surface area (Å²) in [6.45, 7) is 7.12. The molecule has 3 rings (SSSR count). The van der Waals surface area contributed by atoms with E-state index in [1.165, 1.54) is 18.3 Å². The fourth-order valence-corrected chi connectivity index (χ4v) is 3.52. The third-order valence-electron chi connectivity index (χ3n) is 5.00. The molecule has 7 heteroatoms. The van der Waals surface area contributed by atoms with E-state index in [2.05, 4.69) is 28.7 Å². The van der Waals surface area contributed by atoms with Crippen molar-refractivity contribution < 1.29 is 9.18 Å². The second kappa shape index (κ2) is 8.43. The Labute approximate surface area is 158 Å². The third kappa shape index (κ3) is 4.80. The summed E-state index contributed by atoms with van der Waals surface area (Å²) >= 11 is 0. The lowest BCUT2D eigenvalue weighted by molar-refractivity contribution is 0.0696. The van der Waals surface area contributed by atoms with Gasteiger partial charge < -0.3 is 9.88 Å². The van der Waals surface area contributed by atoms with Crippen LogP contribution in [-0.2, 0) is 6.54 Å². The summed E-state index contributed by atoms with van der Waals surface area (Å²) in [5, 5.41) is 0. The first kappa shape index (κ1) is 19.2. The maximum absolute atomic E-state index is 13.2. The first-order valence-electron chi connectivity index (χ1n) is 9.26. The number of aromatic nitrogens is 2. The molecule has 1 saturated heterocycles. The fourth-order valence-electron chi connectivity index (χ4n) is 3.52. The molecule has 0 unspecified atom stereocenters. The Hall–Kier alpha value is -2.54. The smallest absolute Gasteiger partial charge is 0.274 e. The van der Waals surface area contributed by atoms with Gasteiger partial charge in [-0.05, 0) is 30.0 Å². The Morgan fingerprint density at radius 1 is 1.30 bits per heavy atom. The molecule has 2 heterocycles. The molecule has 0 bridgehead atoms. The molecule has 1 atom stereocenters. The van der Waals surface area contributed by atoms with Crippen LogP contribution in [0.1, 0.15) is 36.3 Å². The van der Waals surface area contributed by atoms with Gasteiger partial charge in [0.25, 0.3) is 11.5 Å². The van der Waals surface area contributed by atoms with Gasteiger partial charge in [-0.25, -0.2) is 9.37 Å². The number of hydrogen-bond acceptors (Lipinski definition) is 4. The van der Waals surface area contributed by atoms with Crippen molar-refractivity contribution in [3.63, 3.8) is 0 Å². The van der Waals surface area contributed by atoms with Gasteiger partial charge in [-0.2, -0.15) is 0 Å². The molecule has 1 aliphatic heterocycles. The van der Waals surface area contributed by atoms with Crippen molar-refractivity contribution in [2.24, 2.45) is 5.92 Å². The molecule has 1 N–H and O–H groups in total. The number of nitrogens with one attached hydrogen (secondary N) is 1. The zero-order valence-corrected chi connectivity index (χ0v) is 15.7. The van der Waals surface area contributed by atoms with Crippen molar-refractivity contribution >= 4 is 5.91 Å². The third-order valence-corrected chi connectivity index (χ3v) is 5.00. The van der Waals surface area contributed by atoms with Crippen LogP contribution in [0, 0.1) is 11.7 Å².